The number of carboxylic acid groups (broad SMARTS) is 1. The number of hydrogen-bond acceptors (Lipinski definition) is 3. The van der Waals surface area contributed by atoms with Gasteiger partial charge in [-0.05, 0) is 67.6 Å². The van der Waals surface area contributed by atoms with Crippen molar-refractivity contribution in [3.05, 3.63) is 87.5 Å². The van der Waals surface area contributed by atoms with Crippen LogP contribution in [0.15, 0.2) is 65.3 Å². The van der Waals surface area contributed by atoms with Gasteiger partial charge in [0.25, 0.3) is 0 Å². The number of aliphatic hydroxyl groups is 1. The molecule has 0 bridgehead atoms. The minimum absolute atomic E-state index is 0.244. The molecule has 0 amide bonds. The maximum absolute atomic E-state index is 13.5. The predicted molar refractivity (Wildman–Crippen MR) is 161 cm³/mol. The van der Waals surface area contributed by atoms with Gasteiger partial charge >= 0.3 is 0 Å². The Kier molecular flexibility index (Phi) is 7.73. The molecule has 0 spiro atoms. The van der Waals surface area contributed by atoms with Gasteiger partial charge in [0.15, 0.2) is 0 Å². The largest absolute Gasteiger partial charge is 0.549 e. The molecule has 3 nitrogen and oxygen atoms in total. The SMILES string of the molecule is CC1=C(C(C)(C)C)C(O)(c2ccccc2C(C)(C)C)C(C(C)(C)C)=C(c2ccccc2C(C)(C)C)C1C(=O)[O-]. The van der Waals surface area contributed by atoms with E-state index in [-0.39, 0.29) is 10.8 Å². The third-order valence-corrected chi connectivity index (χ3v) is 7.99. The second kappa shape index (κ2) is 9.77. The van der Waals surface area contributed by atoms with Crippen molar-refractivity contribution in [2.24, 2.45) is 16.7 Å². The van der Waals surface area contributed by atoms with E-state index in [1.54, 1.807) is 0 Å². The maximum Gasteiger partial charge on any atom is 0.134 e. The summed E-state index contributed by atoms with van der Waals surface area (Å²) < 4.78 is 0. The van der Waals surface area contributed by atoms with Crippen molar-refractivity contribution in [3.63, 3.8) is 0 Å². The van der Waals surface area contributed by atoms with Gasteiger partial charge in [0, 0.05) is 5.92 Å². The molecule has 1 N–H and O–H groups in total. The third kappa shape index (κ3) is 5.40. The summed E-state index contributed by atoms with van der Waals surface area (Å²) >= 11 is 0. The van der Waals surface area contributed by atoms with Crippen molar-refractivity contribution < 1.29 is 15.0 Å². The molecule has 3 heteroatoms. The van der Waals surface area contributed by atoms with E-state index in [0.717, 1.165) is 33.4 Å². The van der Waals surface area contributed by atoms with Gasteiger partial charge in [0.1, 0.15) is 5.60 Å². The van der Waals surface area contributed by atoms with Gasteiger partial charge in [0.2, 0.25) is 0 Å². The van der Waals surface area contributed by atoms with Crippen LogP contribution in [0.3, 0.4) is 0 Å². The van der Waals surface area contributed by atoms with E-state index in [0.29, 0.717) is 11.1 Å². The number of hydrogen-bond donors (Lipinski definition) is 1. The standard InChI is InChI=1S/C36H50O3/c1-22-27(31(37)38)28(23-18-14-15-19-24(23)32(2,3)4)30(35(11,12)13)36(39,29(22)34(8,9)10)26-21-17-16-20-25(26)33(5,6)7/h14-21,27,39H,1-13H3,(H,37,38)/p-1. The molecular weight excluding hydrogens is 480 g/mol. The van der Waals surface area contributed by atoms with Crippen molar-refractivity contribution in [1.82, 2.24) is 0 Å². The highest BCUT2D eigenvalue weighted by molar-refractivity contribution is 5.95. The average molecular weight is 530 g/mol. The van der Waals surface area contributed by atoms with Crippen LogP contribution < -0.4 is 5.11 Å². The van der Waals surface area contributed by atoms with Crippen LogP contribution in [-0.2, 0) is 21.2 Å². The minimum atomic E-state index is -1.53. The van der Waals surface area contributed by atoms with Crippen LogP contribution in [0, 0.1) is 16.7 Å². The number of carboxylic acids is 1. The van der Waals surface area contributed by atoms with Gasteiger partial charge in [-0.1, -0.05) is 137 Å². The molecule has 1 aliphatic carbocycles. The zero-order valence-corrected chi connectivity index (χ0v) is 26.5. The van der Waals surface area contributed by atoms with Crippen LogP contribution in [0.1, 0.15) is 112 Å². The Morgan fingerprint density at radius 2 is 1.13 bits per heavy atom. The van der Waals surface area contributed by atoms with Gasteiger partial charge in [0.05, 0.1) is 5.97 Å². The second-order valence-corrected chi connectivity index (χ2v) is 15.4. The van der Waals surface area contributed by atoms with E-state index in [1.807, 2.05) is 43.3 Å². The third-order valence-electron chi connectivity index (χ3n) is 7.99. The lowest BCUT2D eigenvalue weighted by Gasteiger charge is -2.53. The molecule has 2 atom stereocenters. The molecule has 1 aliphatic rings. The number of carbonyl (C=O) groups excluding carboxylic acids is 1. The Morgan fingerprint density at radius 3 is 1.56 bits per heavy atom. The molecule has 0 fully saturated rings. The molecule has 3 rings (SSSR count). The first-order valence-corrected chi connectivity index (χ1v) is 14.2. The van der Waals surface area contributed by atoms with E-state index in [1.165, 1.54) is 0 Å². The summed E-state index contributed by atoms with van der Waals surface area (Å²) in [5, 5.41) is 26.7. The summed E-state index contributed by atoms with van der Waals surface area (Å²) in [6.07, 6.45) is 0. The Bertz CT molecular complexity index is 1330. The number of benzene rings is 2. The van der Waals surface area contributed by atoms with Crippen molar-refractivity contribution in [2.75, 3.05) is 0 Å². The molecule has 0 saturated carbocycles. The van der Waals surface area contributed by atoms with Crippen molar-refractivity contribution in [2.45, 2.75) is 106 Å². The number of aliphatic carboxylic acids is 1. The average Bonchev–Trinajstić information content (AvgIpc) is 2.75. The summed E-state index contributed by atoms with van der Waals surface area (Å²) in [5.41, 5.74) is 3.42. The molecule has 0 aliphatic heterocycles. The van der Waals surface area contributed by atoms with Crippen molar-refractivity contribution in [3.8, 4) is 0 Å². The Hall–Kier alpha value is -2.65. The summed E-state index contributed by atoms with van der Waals surface area (Å²) in [6, 6.07) is 16.2. The predicted octanol–water partition coefficient (Wildman–Crippen LogP) is 7.71. The topological polar surface area (TPSA) is 60.4 Å². The van der Waals surface area contributed by atoms with Gasteiger partial charge < -0.3 is 15.0 Å². The number of carbonyl (C=O) groups is 1. The van der Waals surface area contributed by atoms with Gasteiger partial charge in [-0.3, -0.25) is 0 Å². The highest BCUT2D eigenvalue weighted by Crippen LogP contribution is 2.60. The van der Waals surface area contributed by atoms with E-state index in [4.69, 9.17) is 0 Å². The normalized spacial score (nSPS) is 21.4. The van der Waals surface area contributed by atoms with Crippen LogP contribution in [0.2, 0.25) is 0 Å². The summed E-state index contributed by atoms with van der Waals surface area (Å²) in [5.74, 6) is -2.13. The van der Waals surface area contributed by atoms with Crippen LogP contribution in [-0.4, -0.2) is 11.1 Å². The fourth-order valence-electron chi connectivity index (χ4n) is 6.87. The molecule has 2 unspecified atom stereocenters. The van der Waals surface area contributed by atoms with Crippen molar-refractivity contribution >= 4 is 11.5 Å². The zero-order valence-electron chi connectivity index (χ0n) is 26.5. The van der Waals surface area contributed by atoms with E-state index >= 15 is 0 Å². The maximum atomic E-state index is 13.5. The fraction of sp³-hybridized carbons (Fsp3) is 0.528. The minimum Gasteiger partial charge on any atom is -0.549 e. The van der Waals surface area contributed by atoms with Gasteiger partial charge in [-0.2, -0.15) is 0 Å². The zero-order chi connectivity index (χ0) is 29.9. The Balaban J connectivity index is 2.75. The first-order valence-electron chi connectivity index (χ1n) is 14.2. The summed E-state index contributed by atoms with van der Waals surface area (Å²) in [7, 11) is 0. The van der Waals surface area contributed by atoms with Crippen molar-refractivity contribution in [1.29, 1.82) is 0 Å². The summed E-state index contributed by atoms with van der Waals surface area (Å²) in [6.45, 7) is 27.2. The molecular formula is C36H49O3-. The lowest BCUT2D eigenvalue weighted by Crippen LogP contribution is -2.49. The molecule has 0 heterocycles. The van der Waals surface area contributed by atoms with E-state index in [2.05, 4.69) is 95.2 Å². The lowest BCUT2D eigenvalue weighted by molar-refractivity contribution is -0.308. The molecule has 212 valence electrons. The number of rotatable bonds is 3. The summed E-state index contributed by atoms with van der Waals surface area (Å²) in [4.78, 5) is 13.2. The molecule has 0 aromatic heterocycles. The van der Waals surface area contributed by atoms with E-state index < -0.39 is 28.3 Å². The molecule has 0 saturated heterocycles. The molecule has 39 heavy (non-hydrogen) atoms. The quantitative estimate of drug-likeness (QED) is 0.414. The Labute approximate surface area is 237 Å². The molecule has 2 aromatic carbocycles. The first kappa shape index (κ1) is 30.9. The highest BCUT2D eigenvalue weighted by Gasteiger charge is 2.54. The monoisotopic (exact) mass is 529 g/mol. The lowest BCUT2D eigenvalue weighted by atomic mass is 9.54. The highest BCUT2D eigenvalue weighted by atomic mass is 16.4. The van der Waals surface area contributed by atoms with Gasteiger partial charge in [-0.25, -0.2) is 0 Å². The van der Waals surface area contributed by atoms with Crippen LogP contribution in [0.4, 0.5) is 0 Å². The molecule has 0 radical (unpaired) electrons. The van der Waals surface area contributed by atoms with E-state index in [9.17, 15) is 15.0 Å². The smallest absolute Gasteiger partial charge is 0.134 e. The molecule has 2 aromatic rings. The van der Waals surface area contributed by atoms with Gasteiger partial charge in [-0.15, -0.1) is 0 Å². The van der Waals surface area contributed by atoms with Crippen LogP contribution in [0.25, 0.3) is 5.57 Å². The van der Waals surface area contributed by atoms with Crippen LogP contribution in [0.5, 0.6) is 0 Å². The first-order chi connectivity index (χ1) is 17.6. The Morgan fingerprint density at radius 1 is 0.692 bits per heavy atom. The van der Waals surface area contributed by atoms with Crippen LogP contribution >= 0.6 is 0 Å². The fourth-order valence-corrected chi connectivity index (χ4v) is 6.87. The second-order valence-electron chi connectivity index (χ2n) is 15.4.